The normalized spacial score (nSPS) is 27.6. The third-order valence-corrected chi connectivity index (χ3v) is 5.82. The third-order valence-electron chi connectivity index (χ3n) is 5.82. The van der Waals surface area contributed by atoms with Crippen molar-refractivity contribution in [3.8, 4) is 5.75 Å². The Morgan fingerprint density at radius 2 is 2.22 bits per heavy atom. The lowest BCUT2D eigenvalue weighted by Crippen LogP contribution is -2.54. The maximum absolute atomic E-state index is 11.2. The zero-order valence-electron chi connectivity index (χ0n) is 16.3. The highest BCUT2D eigenvalue weighted by molar-refractivity contribution is 5.83. The van der Waals surface area contributed by atoms with Gasteiger partial charge in [0, 0.05) is 24.2 Å². The van der Waals surface area contributed by atoms with Crippen LogP contribution in [0.4, 0.5) is 0 Å². The zero-order chi connectivity index (χ0) is 19.4. The molecule has 1 aromatic heterocycles. The van der Waals surface area contributed by atoms with Gasteiger partial charge in [-0.05, 0) is 67.6 Å². The quantitative estimate of drug-likeness (QED) is 0.810. The highest BCUT2D eigenvalue weighted by atomic mass is 16.5. The Balaban J connectivity index is 0.000000659. The molecule has 5 atom stereocenters. The summed E-state index contributed by atoms with van der Waals surface area (Å²) in [5.41, 5.74) is 6.69. The van der Waals surface area contributed by atoms with Crippen LogP contribution in [0.15, 0.2) is 43.1 Å². The Bertz CT molecular complexity index is 779. The molecule has 3 saturated heterocycles. The first-order chi connectivity index (χ1) is 13.1. The van der Waals surface area contributed by atoms with Crippen molar-refractivity contribution < 1.29 is 9.84 Å². The van der Waals surface area contributed by atoms with E-state index in [0.717, 1.165) is 48.3 Å². The van der Waals surface area contributed by atoms with E-state index in [4.69, 9.17) is 10.5 Å². The van der Waals surface area contributed by atoms with Gasteiger partial charge in [-0.1, -0.05) is 13.0 Å². The number of aromatic nitrogens is 1. The summed E-state index contributed by atoms with van der Waals surface area (Å²) in [5.74, 6) is 2.01. The minimum absolute atomic E-state index is 0.178. The van der Waals surface area contributed by atoms with Crippen molar-refractivity contribution in [3.05, 3.63) is 48.7 Å². The number of nitrogens with two attached hydrogens (primary N) is 1. The highest BCUT2D eigenvalue weighted by Crippen LogP contribution is 2.42. The maximum Gasteiger partial charge on any atom is 0.119 e. The maximum atomic E-state index is 11.2. The van der Waals surface area contributed by atoms with Crippen LogP contribution in [0, 0.1) is 11.8 Å². The number of methoxy groups -OCH3 is 1. The smallest absolute Gasteiger partial charge is 0.119 e. The molecule has 5 rings (SSSR count). The molecule has 27 heavy (non-hydrogen) atoms. The van der Waals surface area contributed by atoms with Gasteiger partial charge in [0.2, 0.25) is 0 Å². The minimum Gasteiger partial charge on any atom is -0.497 e. The van der Waals surface area contributed by atoms with E-state index < -0.39 is 6.10 Å². The van der Waals surface area contributed by atoms with E-state index in [1.807, 2.05) is 31.2 Å². The number of fused-ring (bicyclic) bond motifs is 4. The van der Waals surface area contributed by atoms with Crippen molar-refractivity contribution in [2.45, 2.75) is 31.9 Å². The number of pyridine rings is 1. The van der Waals surface area contributed by atoms with Crippen LogP contribution < -0.4 is 10.5 Å². The van der Waals surface area contributed by atoms with Crippen LogP contribution in [-0.4, -0.2) is 47.8 Å². The molecule has 3 aliphatic heterocycles. The Kier molecular flexibility index (Phi) is 6.47. The average Bonchev–Trinajstić information content (AvgIpc) is 2.73. The van der Waals surface area contributed by atoms with E-state index in [9.17, 15) is 5.11 Å². The van der Waals surface area contributed by atoms with E-state index in [1.165, 1.54) is 6.42 Å². The Morgan fingerprint density at radius 3 is 2.85 bits per heavy atom. The van der Waals surface area contributed by atoms with Crippen LogP contribution in [0.25, 0.3) is 10.9 Å². The van der Waals surface area contributed by atoms with Gasteiger partial charge in [-0.25, -0.2) is 0 Å². The predicted molar refractivity (Wildman–Crippen MR) is 110 cm³/mol. The summed E-state index contributed by atoms with van der Waals surface area (Å²) in [6.45, 7) is 8.72. The van der Waals surface area contributed by atoms with Crippen molar-refractivity contribution in [3.63, 3.8) is 0 Å². The first-order valence-corrected chi connectivity index (χ1v) is 9.80. The number of piperidine rings is 3. The van der Waals surface area contributed by atoms with Crippen molar-refractivity contribution in [1.82, 2.24) is 9.88 Å². The summed E-state index contributed by atoms with van der Waals surface area (Å²) < 4.78 is 5.35. The number of aliphatic hydroxyl groups excluding tert-OH is 1. The van der Waals surface area contributed by atoms with Crippen LogP contribution in [0.5, 0.6) is 5.75 Å². The second-order valence-corrected chi connectivity index (χ2v) is 7.38. The van der Waals surface area contributed by atoms with Crippen molar-refractivity contribution >= 4 is 10.9 Å². The average molecular weight is 370 g/mol. The van der Waals surface area contributed by atoms with E-state index >= 15 is 0 Å². The lowest BCUT2D eigenvalue weighted by Gasteiger charge is -2.50. The SMILES string of the molecule is C=C[C@H]1CN2CC[C@H]1C[C@@H]2[C@@H](O)c1ccnc2ccc(OC)cc12.CCN. The van der Waals surface area contributed by atoms with Gasteiger partial charge in [-0.15, -0.1) is 6.58 Å². The van der Waals surface area contributed by atoms with Gasteiger partial charge in [0.1, 0.15) is 5.75 Å². The molecule has 1 aromatic carbocycles. The first kappa shape index (κ1) is 19.8. The van der Waals surface area contributed by atoms with Gasteiger partial charge in [-0.2, -0.15) is 0 Å². The molecule has 0 aliphatic carbocycles. The molecule has 2 aromatic rings. The summed E-state index contributed by atoms with van der Waals surface area (Å²) in [4.78, 5) is 6.86. The van der Waals surface area contributed by atoms with Gasteiger partial charge in [-0.3, -0.25) is 9.88 Å². The minimum atomic E-state index is -0.504. The summed E-state index contributed by atoms with van der Waals surface area (Å²) in [7, 11) is 1.66. The fourth-order valence-electron chi connectivity index (χ4n) is 4.44. The number of nitrogens with zero attached hydrogens (tertiary/aromatic N) is 2. The predicted octanol–water partition coefficient (Wildman–Crippen LogP) is 3.14. The van der Waals surface area contributed by atoms with Crippen molar-refractivity contribution in [2.75, 3.05) is 26.7 Å². The second kappa shape index (κ2) is 8.83. The van der Waals surface area contributed by atoms with Crippen LogP contribution in [-0.2, 0) is 0 Å². The Hall–Kier alpha value is -1.95. The number of ether oxygens (including phenoxy) is 1. The van der Waals surface area contributed by atoms with E-state index in [1.54, 1.807) is 13.3 Å². The molecule has 0 saturated carbocycles. The van der Waals surface area contributed by atoms with Gasteiger partial charge < -0.3 is 15.6 Å². The van der Waals surface area contributed by atoms with Gasteiger partial charge >= 0.3 is 0 Å². The molecule has 3 N–H and O–H groups in total. The molecular formula is C22H31N3O2. The van der Waals surface area contributed by atoms with Crippen LogP contribution >= 0.6 is 0 Å². The number of benzene rings is 1. The molecule has 5 nitrogen and oxygen atoms in total. The zero-order valence-corrected chi connectivity index (χ0v) is 16.3. The molecular weight excluding hydrogens is 338 g/mol. The van der Waals surface area contributed by atoms with Crippen LogP contribution in [0.3, 0.4) is 0 Å². The van der Waals surface area contributed by atoms with Gasteiger partial charge in [0.25, 0.3) is 0 Å². The van der Waals surface area contributed by atoms with Crippen molar-refractivity contribution in [2.24, 2.45) is 17.6 Å². The number of hydrogen-bond donors (Lipinski definition) is 2. The second-order valence-electron chi connectivity index (χ2n) is 7.38. The van der Waals surface area contributed by atoms with Crippen LogP contribution in [0.2, 0.25) is 0 Å². The summed E-state index contributed by atoms with van der Waals surface area (Å²) in [6, 6.07) is 7.96. The molecule has 0 spiro atoms. The Morgan fingerprint density at radius 1 is 1.44 bits per heavy atom. The molecule has 5 heteroatoms. The van der Waals surface area contributed by atoms with E-state index in [2.05, 4.69) is 22.5 Å². The molecule has 0 amide bonds. The van der Waals surface area contributed by atoms with Gasteiger partial charge in [0.05, 0.1) is 18.7 Å². The fourth-order valence-corrected chi connectivity index (χ4v) is 4.44. The molecule has 2 bridgehead atoms. The molecule has 3 aliphatic rings. The topological polar surface area (TPSA) is 71.6 Å². The molecule has 0 radical (unpaired) electrons. The number of hydrogen-bond acceptors (Lipinski definition) is 5. The lowest BCUT2D eigenvalue weighted by molar-refractivity contribution is -0.0444. The number of rotatable bonds is 4. The molecule has 4 heterocycles. The monoisotopic (exact) mass is 369 g/mol. The van der Waals surface area contributed by atoms with Crippen LogP contribution in [0.1, 0.15) is 31.4 Å². The molecule has 146 valence electrons. The first-order valence-electron chi connectivity index (χ1n) is 9.80. The number of aliphatic hydroxyl groups is 1. The largest absolute Gasteiger partial charge is 0.497 e. The molecule has 3 fully saturated rings. The van der Waals surface area contributed by atoms with Gasteiger partial charge in [0.15, 0.2) is 0 Å². The lowest BCUT2D eigenvalue weighted by atomic mass is 9.73. The summed E-state index contributed by atoms with van der Waals surface area (Å²) in [5, 5.41) is 12.1. The fraction of sp³-hybridized carbons (Fsp3) is 0.500. The Labute approximate surface area is 161 Å². The van der Waals surface area contributed by atoms with Crippen molar-refractivity contribution in [1.29, 1.82) is 0 Å². The summed E-state index contributed by atoms with van der Waals surface area (Å²) >= 11 is 0. The molecule has 1 unspecified atom stereocenters. The summed E-state index contributed by atoms with van der Waals surface area (Å²) in [6.07, 6.45) is 5.62. The standard InChI is InChI=1S/C20H24N2O2.C2H7N/c1-3-13-12-22-9-7-14(13)10-19(22)20(23)16-6-8-21-18-5-4-15(24-2)11-17(16)18;1-2-3/h3-6,8,11,13-14,19-20,23H,1,7,9-10,12H2,2H3;2-3H2,1H3/t13-,14-,19+,20-;/m0./s1. The van der Waals surface area contributed by atoms with E-state index in [0.29, 0.717) is 11.8 Å². The third kappa shape index (κ3) is 4.00. The van der Waals surface area contributed by atoms with E-state index in [-0.39, 0.29) is 6.04 Å². The highest BCUT2D eigenvalue weighted by Gasteiger charge is 2.42.